The van der Waals surface area contributed by atoms with Gasteiger partial charge in [0.05, 0.1) is 18.7 Å². The topological polar surface area (TPSA) is 77.2 Å². The summed E-state index contributed by atoms with van der Waals surface area (Å²) in [5, 5.41) is 5.75. The first kappa shape index (κ1) is 14.3. The molecule has 0 amide bonds. The van der Waals surface area contributed by atoms with Crippen molar-refractivity contribution in [2.24, 2.45) is 0 Å². The third kappa shape index (κ3) is 3.71. The van der Waals surface area contributed by atoms with Crippen molar-refractivity contribution in [2.45, 2.75) is 20.3 Å². The second-order valence-electron chi connectivity index (χ2n) is 4.32. The molecule has 0 unspecified atom stereocenters. The Morgan fingerprint density at radius 2 is 2.30 bits per heavy atom. The summed E-state index contributed by atoms with van der Waals surface area (Å²) in [5.74, 6) is -0.260. The first-order valence-corrected chi connectivity index (χ1v) is 7.19. The molecule has 2 rings (SSSR count). The van der Waals surface area contributed by atoms with E-state index in [0.29, 0.717) is 12.3 Å². The lowest BCUT2D eigenvalue weighted by Crippen LogP contribution is -2.07. The Bertz CT molecular complexity index is 610. The van der Waals surface area contributed by atoms with E-state index in [1.54, 1.807) is 6.92 Å². The van der Waals surface area contributed by atoms with Crippen molar-refractivity contribution in [1.29, 1.82) is 0 Å². The molecule has 1 heterocycles. The smallest absolute Gasteiger partial charge is 0.311 e. The van der Waals surface area contributed by atoms with Crippen molar-refractivity contribution >= 4 is 33.8 Å². The van der Waals surface area contributed by atoms with E-state index < -0.39 is 0 Å². The standard InChI is InChI=1S/C14H17N3O2S/c1-3-19-13(18)7-11-8-20-14(17-11)16-10-5-4-9(2)12(15)6-10/h4-6,8H,3,7,15H2,1-2H3,(H,16,17). The Hall–Kier alpha value is -2.08. The third-order valence-electron chi connectivity index (χ3n) is 2.71. The number of aryl methyl sites for hydroxylation is 1. The van der Waals surface area contributed by atoms with E-state index in [9.17, 15) is 4.79 Å². The fraction of sp³-hybridized carbons (Fsp3) is 0.286. The number of nitrogens with two attached hydrogens (primary N) is 1. The number of hydrogen-bond donors (Lipinski definition) is 2. The van der Waals surface area contributed by atoms with Crippen molar-refractivity contribution in [3.63, 3.8) is 0 Å². The maximum Gasteiger partial charge on any atom is 0.311 e. The molecule has 106 valence electrons. The van der Waals surface area contributed by atoms with Crippen molar-refractivity contribution in [3.8, 4) is 0 Å². The molecule has 2 aromatic rings. The summed E-state index contributed by atoms with van der Waals surface area (Å²) in [6, 6.07) is 5.75. The van der Waals surface area contributed by atoms with Crippen molar-refractivity contribution < 1.29 is 9.53 Å². The number of nitrogens with one attached hydrogen (secondary N) is 1. The number of nitrogens with zero attached hydrogens (tertiary/aromatic N) is 1. The molecule has 1 aromatic carbocycles. The van der Waals surface area contributed by atoms with Gasteiger partial charge in [-0.3, -0.25) is 4.79 Å². The molecule has 0 radical (unpaired) electrons. The van der Waals surface area contributed by atoms with Gasteiger partial charge in [0.1, 0.15) is 0 Å². The lowest BCUT2D eigenvalue weighted by Gasteiger charge is -2.05. The van der Waals surface area contributed by atoms with Crippen LogP contribution in [0.2, 0.25) is 0 Å². The molecule has 0 saturated heterocycles. The summed E-state index contributed by atoms with van der Waals surface area (Å²) in [6.07, 6.45) is 0.196. The van der Waals surface area contributed by atoms with Gasteiger partial charge in [-0.1, -0.05) is 6.07 Å². The maximum atomic E-state index is 11.4. The van der Waals surface area contributed by atoms with Gasteiger partial charge < -0.3 is 15.8 Å². The van der Waals surface area contributed by atoms with Gasteiger partial charge in [-0.2, -0.15) is 0 Å². The molecule has 0 spiro atoms. The maximum absolute atomic E-state index is 11.4. The van der Waals surface area contributed by atoms with Crippen molar-refractivity contribution in [1.82, 2.24) is 4.98 Å². The second-order valence-corrected chi connectivity index (χ2v) is 5.18. The monoisotopic (exact) mass is 291 g/mol. The lowest BCUT2D eigenvalue weighted by atomic mass is 10.2. The molecular weight excluding hydrogens is 274 g/mol. The lowest BCUT2D eigenvalue weighted by molar-refractivity contribution is -0.142. The van der Waals surface area contributed by atoms with E-state index in [-0.39, 0.29) is 12.4 Å². The van der Waals surface area contributed by atoms with E-state index in [1.165, 1.54) is 11.3 Å². The zero-order valence-electron chi connectivity index (χ0n) is 11.5. The Labute approximate surface area is 121 Å². The molecule has 0 saturated carbocycles. The molecule has 0 bridgehead atoms. The number of anilines is 3. The van der Waals surface area contributed by atoms with Crippen LogP contribution in [0.4, 0.5) is 16.5 Å². The number of carbonyl (C=O) groups excluding carboxylic acids is 1. The highest BCUT2D eigenvalue weighted by Gasteiger charge is 2.08. The first-order chi connectivity index (χ1) is 9.58. The van der Waals surface area contributed by atoms with Gasteiger partial charge in [0.15, 0.2) is 5.13 Å². The third-order valence-corrected chi connectivity index (χ3v) is 3.52. The minimum absolute atomic E-state index is 0.196. The summed E-state index contributed by atoms with van der Waals surface area (Å²) >= 11 is 1.44. The summed E-state index contributed by atoms with van der Waals surface area (Å²) in [7, 11) is 0. The van der Waals surface area contributed by atoms with E-state index >= 15 is 0 Å². The number of hydrogen-bond acceptors (Lipinski definition) is 6. The molecular formula is C14H17N3O2S. The average Bonchev–Trinajstić information content (AvgIpc) is 2.81. The SMILES string of the molecule is CCOC(=O)Cc1csc(Nc2ccc(C)c(N)c2)n1. The van der Waals surface area contributed by atoms with Gasteiger partial charge in [0, 0.05) is 16.8 Å². The van der Waals surface area contributed by atoms with Gasteiger partial charge >= 0.3 is 5.97 Å². The predicted octanol–water partition coefficient (Wildman–Crippen LogP) is 2.88. The average molecular weight is 291 g/mol. The summed E-state index contributed by atoms with van der Waals surface area (Å²) in [4.78, 5) is 15.7. The number of carbonyl (C=O) groups is 1. The van der Waals surface area contributed by atoms with E-state index in [1.807, 2.05) is 30.5 Å². The molecule has 0 aliphatic heterocycles. The molecule has 5 nitrogen and oxygen atoms in total. The summed E-state index contributed by atoms with van der Waals surface area (Å²) < 4.78 is 4.89. The van der Waals surface area contributed by atoms with Crippen LogP contribution in [0.3, 0.4) is 0 Å². The first-order valence-electron chi connectivity index (χ1n) is 6.31. The molecule has 3 N–H and O–H groups in total. The fourth-order valence-corrected chi connectivity index (χ4v) is 2.38. The number of aromatic nitrogens is 1. The number of benzene rings is 1. The van der Waals surface area contributed by atoms with Crippen LogP contribution in [0.1, 0.15) is 18.2 Å². The van der Waals surface area contributed by atoms with Crippen LogP contribution in [0.15, 0.2) is 23.6 Å². The highest BCUT2D eigenvalue weighted by molar-refractivity contribution is 7.13. The molecule has 20 heavy (non-hydrogen) atoms. The number of nitrogen functional groups attached to an aromatic ring is 1. The Morgan fingerprint density at radius 1 is 1.50 bits per heavy atom. The summed E-state index contributed by atoms with van der Waals surface area (Å²) in [6.45, 7) is 4.13. The zero-order chi connectivity index (χ0) is 14.5. The fourth-order valence-electron chi connectivity index (χ4n) is 1.65. The van der Waals surface area contributed by atoms with Gasteiger partial charge in [0.2, 0.25) is 0 Å². The van der Waals surface area contributed by atoms with Crippen LogP contribution in [-0.2, 0) is 16.0 Å². The van der Waals surface area contributed by atoms with E-state index in [0.717, 1.165) is 22.1 Å². The number of rotatable bonds is 5. The zero-order valence-corrected chi connectivity index (χ0v) is 12.3. The molecule has 0 aliphatic carbocycles. The van der Waals surface area contributed by atoms with Crippen LogP contribution >= 0.6 is 11.3 Å². The van der Waals surface area contributed by atoms with Crippen molar-refractivity contribution in [2.75, 3.05) is 17.7 Å². The largest absolute Gasteiger partial charge is 0.466 e. The Balaban J connectivity index is 2.02. The number of ether oxygens (including phenoxy) is 1. The quantitative estimate of drug-likeness (QED) is 0.654. The Morgan fingerprint density at radius 3 is 3.00 bits per heavy atom. The molecule has 1 aromatic heterocycles. The van der Waals surface area contributed by atoms with Crippen LogP contribution in [0, 0.1) is 6.92 Å². The van der Waals surface area contributed by atoms with E-state index in [4.69, 9.17) is 10.5 Å². The Kier molecular flexibility index (Phi) is 4.57. The molecule has 0 atom stereocenters. The highest BCUT2D eigenvalue weighted by atomic mass is 32.1. The van der Waals surface area contributed by atoms with E-state index in [2.05, 4.69) is 10.3 Å². The van der Waals surface area contributed by atoms with Crippen LogP contribution in [-0.4, -0.2) is 17.6 Å². The van der Waals surface area contributed by atoms with Gasteiger partial charge in [-0.25, -0.2) is 4.98 Å². The van der Waals surface area contributed by atoms with Gasteiger partial charge in [-0.05, 0) is 31.5 Å². The minimum atomic E-state index is -0.260. The summed E-state index contributed by atoms with van der Waals surface area (Å²) in [5.41, 5.74) is 9.22. The van der Waals surface area contributed by atoms with Crippen LogP contribution < -0.4 is 11.1 Å². The highest BCUT2D eigenvalue weighted by Crippen LogP contribution is 2.24. The normalized spacial score (nSPS) is 10.3. The number of esters is 1. The van der Waals surface area contributed by atoms with Gasteiger partial charge in [-0.15, -0.1) is 11.3 Å². The molecule has 6 heteroatoms. The van der Waals surface area contributed by atoms with Crippen molar-refractivity contribution in [3.05, 3.63) is 34.8 Å². The van der Waals surface area contributed by atoms with Crippen LogP contribution in [0.5, 0.6) is 0 Å². The second kappa shape index (κ2) is 6.38. The predicted molar refractivity (Wildman–Crippen MR) is 81.3 cm³/mol. The van der Waals surface area contributed by atoms with Gasteiger partial charge in [0.25, 0.3) is 0 Å². The number of thiazole rings is 1. The molecule has 0 fully saturated rings. The minimum Gasteiger partial charge on any atom is -0.466 e. The van der Waals surface area contributed by atoms with Crippen LogP contribution in [0.25, 0.3) is 0 Å². The molecule has 0 aliphatic rings.